The van der Waals surface area contributed by atoms with Gasteiger partial charge in [0.2, 0.25) is 10.0 Å². The summed E-state index contributed by atoms with van der Waals surface area (Å²) in [7, 11) is -3.67. The predicted molar refractivity (Wildman–Crippen MR) is 75.2 cm³/mol. The van der Waals surface area contributed by atoms with Crippen LogP contribution in [0.2, 0.25) is 0 Å². The molecule has 1 aromatic rings. The summed E-state index contributed by atoms with van der Waals surface area (Å²) in [6.07, 6.45) is 1.00. The molecule has 5 nitrogen and oxygen atoms in total. The van der Waals surface area contributed by atoms with Crippen molar-refractivity contribution < 1.29 is 18.3 Å². The first-order valence-electron chi connectivity index (χ1n) is 6.47. The smallest absolute Gasteiger partial charge is 0.335 e. The zero-order chi connectivity index (χ0) is 15.1. The third kappa shape index (κ3) is 3.02. The summed E-state index contributed by atoms with van der Waals surface area (Å²) in [6.45, 7) is 6.25. The molecule has 20 heavy (non-hydrogen) atoms. The Labute approximate surface area is 119 Å². The van der Waals surface area contributed by atoms with Crippen LogP contribution in [-0.4, -0.2) is 26.0 Å². The molecule has 0 saturated heterocycles. The highest BCUT2D eigenvalue weighted by Crippen LogP contribution is 2.51. The third-order valence-corrected chi connectivity index (χ3v) is 5.53. The summed E-state index contributed by atoms with van der Waals surface area (Å²) >= 11 is 0. The van der Waals surface area contributed by atoms with Gasteiger partial charge in [-0.15, -0.1) is 0 Å². The van der Waals surface area contributed by atoms with Gasteiger partial charge in [0.25, 0.3) is 0 Å². The molecule has 0 spiro atoms. The van der Waals surface area contributed by atoms with Crippen LogP contribution in [0.3, 0.4) is 0 Å². The zero-order valence-electron chi connectivity index (χ0n) is 11.8. The normalized spacial score (nSPS) is 20.6. The Morgan fingerprint density at radius 3 is 2.55 bits per heavy atom. The zero-order valence-corrected chi connectivity index (χ0v) is 12.6. The van der Waals surface area contributed by atoms with Crippen molar-refractivity contribution in [2.24, 2.45) is 11.3 Å². The fraction of sp³-hybridized carbons (Fsp3) is 0.500. The number of nitrogens with one attached hydrogen (secondary N) is 1. The Bertz CT molecular complexity index is 649. The van der Waals surface area contributed by atoms with Crippen LogP contribution < -0.4 is 4.72 Å². The van der Waals surface area contributed by atoms with Crippen LogP contribution in [0.15, 0.2) is 23.1 Å². The van der Waals surface area contributed by atoms with E-state index in [1.54, 1.807) is 6.92 Å². The minimum atomic E-state index is -3.67. The number of aromatic carboxylic acids is 1. The molecule has 1 atom stereocenters. The summed E-state index contributed by atoms with van der Waals surface area (Å²) in [6, 6.07) is 4.12. The molecule has 0 aliphatic heterocycles. The Hall–Kier alpha value is -1.40. The summed E-state index contributed by atoms with van der Waals surface area (Å²) in [5.41, 5.74) is 0.709. The first kappa shape index (κ1) is 15.0. The minimum absolute atomic E-state index is 0.0253. The molecule has 1 fully saturated rings. The summed E-state index contributed by atoms with van der Waals surface area (Å²) in [5, 5.41) is 8.95. The van der Waals surface area contributed by atoms with E-state index in [1.165, 1.54) is 18.2 Å². The van der Waals surface area contributed by atoms with Crippen molar-refractivity contribution in [2.45, 2.75) is 32.1 Å². The average Bonchev–Trinajstić information content (AvgIpc) is 2.95. The van der Waals surface area contributed by atoms with Crippen molar-refractivity contribution in [1.82, 2.24) is 4.72 Å². The third-order valence-electron chi connectivity index (χ3n) is 3.96. The fourth-order valence-electron chi connectivity index (χ4n) is 2.24. The van der Waals surface area contributed by atoms with E-state index in [4.69, 9.17) is 5.11 Å². The highest BCUT2D eigenvalue weighted by molar-refractivity contribution is 7.89. The number of benzene rings is 1. The lowest BCUT2D eigenvalue weighted by atomic mass is 10.1. The monoisotopic (exact) mass is 297 g/mol. The molecule has 110 valence electrons. The van der Waals surface area contributed by atoms with Gasteiger partial charge in [-0.2, -0.15) is 0 Å². The number of carbonyl (C=O) groups is 1. The first-order chi connectivity index (χ1) is 9.13. The molecule has 2 N–H and O–H groups in total. The van der Waals surface area contributed by atoms with Crippen LogP contribution in [0.25, 0.3) is 0 Å². The van der Waals surface area contributed by atoms with Gasteiger partial charge in [0.1, 0.15) is 0 Å². The Kier molecular flexibility index (Phi) is 3.64. The molecule has 2 rings (SSSR count). The standard InChI is InChI=1S/C14H19NO4S/c1-9-4-5-10(13(16)17)6-12(9)20(18,19)15-8-11-7-14(11,2)3/h4-6,11,15H,7-8H2,1-3H3,(H,16,17). The number of carboxylic acid groups (broad SMARTS) is 1. The van der Waals surface area contributed by atoms with E-state index in [-0.39, 0.29) is 15.9 Å². The first-order valence-corrected chi connectivity index (χ1v) is 7.95. The average molecular weight is 297 g/mol. The maximum Gasteiger partial charge on any atom is 0.335 e. The summed E-state index contributed by atoms with van der Waals surface area (Å²) < 4.78 is 27.1. The van der Waals surface area contributed by atoms with Gasteiger partial charge in [-0.05, 0) is 42.4 Å². The lowest BCUT2D eigenvalue weighted by molar-refractivity contribution is 0.0696. The van der Waals surface area contributed by atoms with Crippen molar-refractivity contribution in [3.8, 4) is 0 Å². The minimum Gasteiger partial charge on any atom is -0.478 e. The van der Waals surface area contributed by atoms with Gasteiger partial charge >= 0.3 is 5.97 Å². The molecule has 0 aromatic heterocycles. The molecule has 0 heterocycles. The van der Waals surface area contributed by atoms with E-state index in [9.17, 15) is 13.2 Å². The van der Waals surface area contributed by atoms with Gasteiger partial charge in [-0.25, -0.2) is 17.9 Å². The quantitative estimate of drug-likeness (QED) is 0.871. The van der Waals surface area contributed by atoms with Crippen LogP contribution in [0.1, 0.15) is 36.2 Å². The lowest BCUT2D eigenvalue weighted by Gasteiger charge is -2.10. The van der Waals surface area contributed by atoms with E-state index >= 15 is 0 Å². The number of aryl methyl sites for hydroxylation is 1. The van der Waals surface area contributed by atoms with Gasteiger partial charge in [-0.3, -0.25) is 0 Å². The van der Waals surface area contributed by atoms with E-state index in [2.05, 4.69) is 18.6 Å². The molecule has 0 radical (unpaired) electrons. The molecule has 1 aromatic carbocycles. The second-order valence-electron chi connectivity index (χ2n) is 6.03. The van der Waals surface area contributed by atoms with E-state index < -0.39 is 16.0 Å². The maximum atomic E-state index is 12.3. The molecule has 1 aliphatic carbocycles. The number of sulfonamides is 1. The number of carboxylic acids is 1. The second-order valence-corrected chi connectivity index (χ2v) is 7.76. The predicted octanol–water partition coefficient (Wildman–Crippen LogP) is 2.02. The van der Waals surface area contributed by atoms with Crippen LogP contribution in [0.5, 0.6) is 0 Å². The highest BCUT2D eigenvalue weighted by Gasteiger charge is 2.45. The topological polar surface area (TPSA) is 83.5 Å². The van der Waals surface area contributed by atoms with E-state index in [1.807, 2.05) is 0 Å². The van der Waals surface area contributed by atoms with Crippen LogP contribution in [0.4, 0.5) is 0 Å². The Balaban J connectivity index is 2.20. The summed E-state index contributed by atoms with van der Waals surface area (Å²) in [5.74, 6) is -0.787. The molecule has 1 aliphatic rings. The SMILES string of the molecule is Cc1ccc(C(=O)O)cc1S(=O)(=O)NCC1CC1(C)C. The van der Waals surface area contributed by atoms with Crippen molar-refractivity contribution in [2.75, 3.05) is 6.54 Å². The molecule has 0 bridgehead atoms. The Morgan fingerprint density at radius 2 is 2.05 bits per heavy atom. The fourth-order valence-corrected chi connectivity index (χ4v) is 3.59. The molecule has 6 heteroatoms. The van der Waals surface area contributed by atoms with Crippen LogP contribution in [0, 0.1) is 18.3 Å². The second kappa shape index (κ2) is 4.86. The van der Waals surface area contributed by atoms with Gasteiger partial charge in [0.15, 0.2) is 0 Å². The molecule has 1 unspecified atom stereocenters. The molecule has 1 saturated carbocycles. The van der Waals surface area contributed by atoms with E-state index in [0.29, 0.717) is 18.0 Å². The number of hydrogen-bond acceptors (Lipinski definition) is 3. The molecular formula is C14H19NO4S. The number of rotatable bonds is 5. The van der Waals surface area contributed by atoms with Crippen molar-refractivity contribution >= 4 is 16.0 Å². The maximum absolute atomic E-state index is 12.3. The number of hydrogen-bond donors (Lipinski definition) is 2. The molecule has 0 amide bonds. The van der Waals surface area contributed by atoms with Crippen LogP contribution in [-0.2, 0) is 10.0 Å². The highest BCUT2D eigenvalue weighted by atomic mass is 32.2. The van der Waals surface area contributed by atoms with Crippen molar-refractivity contribution in [3.63, 3.8) is 0 Å². The van der Waals surface area contributed by atoms with Crippen LogP contribution >= 0.6 is 0 Å². The summed E-state index contributed by atoms with van der Waals surface area (Å²) in [4.78, 5) is 11.0. The molecular weight excluding hydrogens is 278 g/mol. The lowest BCUT2D eigenvalue weighted by Crippen LogP contribution is -2.27. The largest absolute Gasteiger partial charge is 0.478 e. The Morgan fingerprint density at radius 1 is 1.45 bits per heavy atom. The van der Waals surface area contributed by atoms with Gasteiger partial charge in [0.05, 0.1) is 10.5 Å². The van der Waals surface area contributed by atoms with E-state index in [0.717, 1.165) is 6.42 Å². The van der Waals surface area contributed by atoms with Gasteiger partial charge in [-0.1, -0.05) is 19.9 Å². The van der Waals surface area contributed by atoms with Crippen molar-refractivity contribution in [3.05, 3.63) is 29.3 Å². The van der Waals surface area contributed by atoms with Gasteiger partial charge < -0.3 is 5.11 Å². The van der Waals surface area contributed by atoms with Crippen molar-refractivity contribution in [1.29, 1.82) is 0 Å². The van der Waals surface area contributed by atoms with Gasteiger partial charge in [0, 0.05) is 6.54 Å².